The standard InChI is InChI=1S/C28H37N7O2S/c1-17(2)25-26(22-15-35-28(29-16-30-35)19(4)18(22)3)31-23-7-8-24(32-27(23)25)34-14-21-13-20(34)9-11-33(21)10-6-12-38(5,36)37/h7-8,15-17,20-21,31H,6,9-14H2,1-5H3/t20-,21+/m1/s1. The van der Waals surface area contributed by atoms with Crippen molar-refractivity contribution in [3.05, 3.63) is 41.3 Å². The van der Waals surface area contributed by atoms with Crippen LogP contribution in [0.25, 0.3) is 27.9 Å². The molecular weight excluding hydrogens is 498 g/mol. The maximum absolute atomic E-state index is 11.6. The van der Waals surface area contributed by atoms with E-state index < -0.39 is 9.84 Å². The summed E-state index contributed by atoms with van der Waals surface area (Å²) in [5.74, 6) is 1.59. The van der Waals surface area contributed by atoms with Gasteiger partial charge in [-0.15, -0.1) is 0 Å². The van der Waals surface area contributed by atoms with E-state index in [1.165, 1.54) is 17.4 Å². The van der Waals surface area contributed by atoms with Gasteiger partial charge in [0.2, 0.25) is 0 Å². The van der Waals surface area contributed by atoms with Crippen molar-refractivity contribution in [3.63, 3.8) is 0 Å². The Labute approximate surface area is 224 Å². The number of aromatic amines is 1. The largest absolute Gasteiger partial charge is 0.353 e. The fourth-order valence-electron chi connectivity index (χ4n) is 6.50. The molecule has 4 aromatic heterocycles. The van der Waals surface area contributed by atoms with E-state index in [4.69, 9.17) is 4.98 Å². The number of nitrogens with zero attached hydrogens (tertiary/aromatic N) is 6. The quantitative estimate of drug-likeness (QED) is 0.380. The Kier molecular flexibility index (Phi) is 6.22. The van der Waals surface area contributed by atoms with Crippen molar-refractivity contribution in [3.8, 4) is 11.3 Å². The van der Waals surface area contributed by atoms with Crippen LogP contribution in [-0.4, -0.2) is 81.6 Å². The lowest BCUT2D eigenvalue weighted by molar-refractivity contribution is 0.177. The molecule has 10 heteroatoms. The van der Waals surface area contributed by atoms with Gasteiger partial charge in [-0.25, -0.2) is 22.9 Å². The normalized spacial score (nSPS) is 20.4. The number of anilines is 1. The van der Waals surface area contributed by atoms with E-state index in [9.17, 15) is 8.42 Å². The first-order valence-electron chi connectivity index (χ1n) is 13.6. The highest BCUT2D eigenvalue weighted by Crippen LogP contribution is 2.39. The third-order valence-corrected chi connectivity index (χ3v) is 9.58. The number of aryl methyl sites for hydroxylation is 1. The van der Waals surface area contributed by atoms with Crippen molar-refractivity contribution in [1.29, 1.82) is 0 Å². The molecule has 202 valence electrons. The number of rotatable bonds is 7. The first kappa shape index (κ1) is 25.3. The van der Waals surface area contributed by atoms with Crippen molar-refractivity contribution >= 4 is 32.3 Å². The fraction of sp³-hybridized carbons (Fsp3) is 0.536. The van der Waals surface area contributed by atoms with Crippen molar-refractivity contribution in [1.82, 2.24) is 29.5 Å². The topological polar surface area (TPSA) is 99.5 Å². The molecule has 0 radical (unpaired) electrons. The van der Waals surface area contributed by atoms with Gasteiger partial charge in [-0.1, -0.05) is 13.8 Å². The Hall–Kier alpha value is -2.98. The molecule has 0 saturated carbocycles. The third-order valence-electron chi connectivity index (χ3n) is 8.55. The summed E-state index contributed by atoms with van der Waals surface area (Å²) in [6, 6.07) is 5.27. The first-order chi connectivity index (χ1) is 18.1. The Balaban J connectivity index is 1.33. The van der Waals surface area contributed by atoms with E-state index in [1.807, 2.05) is 4.52 Å². The number of fused-ring (bicyclic) bond motifs is 4. The minimum absolute atomic E-state index is 0.262. The molecule has 0 aliphatic carbocycles. The van der Waals surface area contributed by atoms with Crippen LogP contribution >= 0.6 is 0 Å². The zero-order valence-electron chi connectivity index (χ0n) is 22.9. The van der Waals surface area contributed by atoms with Crippen molar-refractivity contribution in [2.24, 2.45) is 0 Å². The number of piperidine rings is 1. The average Bonchev–Trinajstić information content (AvgIpc) is 3.57. The number of hydrogen-bond acceptors (Lipinski definition) is 7. The fourth-order valence-corrected chi connectivity index (χ4v) is 7.15. The predicted molar refractivity (Wildman–Crippen MR) is 152 cm³/mol. The molecule has 0 aromatic carbocycles. The van der Waals surface area contributed by atoms with Crippen LogP contribution in [0, 0.1) is 13.8 Å². The lowest BCUT2D eigenvalue weighted by Gasteiger charge is -2.32. The highest BCUT2D eigenvalue weighted by molar-refractivity contribution is 7.90. The van der Waals surface area contributed by atoms with Gasteiger partial charge in [0.05, 0.1) is 22.5 Å². The van der Waals surface area contributed by atoms with E-state index in [1.54, 1.807) is 6.33 Å². The zero-order valence-corrected chi connectivity index (χ0v) is 23.7. The van der Waals surface area contributed by atoms with Crippen LogP contribution in [0.5, 0.6) is 0 Å². The summed E-state index contributed by atoms with van der Waals surface area (Å²) < 4.78 is 25.0. The maximum atomic E-state index is 11.6. The van der Waals surface area contributed by atoms with Gasteiger partial charge >= 0.3 is 0 Å². The van der Waals surface area contributed by atoms with E-state index in [0.29, 0.717) is 18.5 Å². The number of sulfone groups is 1. The van der Waals surface area contributed by atoms with E-state index in [-0.39, 0.29) is 11.7 Å². The molecule has 2 aliphatic heterocycles. The van der Waals surface area contributed by atoms with Crippen LogP contribution in [0.1, 0.15) is 55.7 Å². The molecule has 1 N–H and O–H groups in total. The van der Waals surface area contributed by atoms with E-state index >= 15 is 0 Å². The smallest absolute Gasteiger partial charge is 0.158 e. The molecule has 2 fully saturated rings. The monoisotopic (exact) mass is 535 g/mol. The van der Waals surface area contributed by atoms with Crippen LogP contribution < -0.4 is 4.90 Å². The molecule has 38 heavy (non-hydrogen) atoms. The number of likely N-dealkylation sites (tertiary alicyclic amines) is 1. The van der Waals surface area contributed by atoms with Crippen LogP contribution in [0.15, 0.2) is 24.7 Å². The molecule has 0 unspecified atom stereocenters. The molecule has 6 rings (SSSR count). The van der Waals surface area contributed by atoms with Crippen molar-refractivity contribution < 1.29 is 8.42 Å². The van der Waals surface area contributed by atoms with Gasteiger partial charge in [-0.2, -0.15) is 5.10 Å². The molecule has 9 nitrogen and oxygen atoms in total. The van der Waals surface area contributed by atoms with Gasteiger partial charge in [0.25, 0.3) is 0 Å². The van der Waals surface area contributed by atoms with Gasteiger partial charge in [0, 0.05) is 48.8 Å². The average molecular weight is 536 g/mol. The minimum atomic E-state index is -2.91. The Bertz CT molecular complexity index is 1620. The molecule has 2 saturated heterocycles. The van der Waals surface area contributed by atoms with Crippen LogP contribution in [0.3, 0.4) is 0 Å². The van der Waals surface area contributed by atoms with Crippen molar-refractivity contribution in [2.45, 2.75) is 65.0 Å². The van der Waals surface area contributed by atoms with Gasteiger partial charge in [0.15, 0.2) is 5.65 Å². The lowest BCUT2D eigenvalue weighted by atomic mass is 9.95. The second kappa shape index (κ2) is 9.34. The lowest BCUT2D eigenvalue weighted by Crippen LogP contribution is -2.41. The second-order valence-electron chi connectivity index (χ2n) is 11.5. The summed E-state index contributed by atoms with van der Waals surface area (Å²) >= 11 is 0. The Morgan fingerprint density at radius 2 is 1.97 bits per heavy atom. The molecule has 2 bridgehead atoms. The van der Waals surface area contributed by atoms with Gasteiger partial charge in [-0.3, -0.25) is 4.90 Å². The summed E-state index contributed by atoms with van der Waals surface area (Å²) in [6.07, 6.45) is 7.90. The highest BCUT2D eigenvalue weighted by Gasteiger charge is 2.40. The van der Waals surface area contributed by atoms with Crippen LogP contribution in [-0.2, 0) is 9.84 Å². The number of aromatic nitrogens is 5. The first-order valence-corrected chi connectivity index (χ1v) is 15.7. The third kappa shape index (κ3) is 4.37. The van der Waals surface area contributed by atoms with E-state index in [0.717, 1.165) is 71.8 Å². The number of hydrogen-bond donors (Lipinski definition) is 1. The summed E-state index contributed by atoms with van der Waals surface area (Å²) in [5.41, 5.74) is 8.77. The van der Waals surface area contributed by atoms with Gasteiger partial charge in [0.1, 0.15) is 22.0 Å². The Morgan fingerprint density at radius 1 is 1.16 bits per heavy atom. The highest BCUT2D eigenvalue weighted by atomic mass is 32.2. The summed E-state index contributed by atoms with van der Waals surface area (Å²) in [7, 11) is -2.91. The van der Waals surface area contributed by atoms with Crippen LogP contribution in [0.2, 0.25) is 0 Å². The molecular formula is C28H37N7O2S. The summed E-state index contributed by atoms with van der Waals surface area (Å²) in [5, 5.41) is 4.40. The van der Waals surface area contributed by atoms with Gasteiger partial charge in [-0.05, 0) is 68.8 Å². The zero-order chi connectivity index (χ0) is 26.8. The molecule has 4 aromatic rings. The van der Waals surface area contributed by atoms with Crippen molar-refractivity contribution in [2.75, 3.05) is 36.5 Å². The van der Waals surface area contributed by atoms with E-state index in [2.05, 4.69) is 70.9 Å². The molecule has 0 amide bonds. The Morgan fingerprint density at radius 3 is 2.74 bits per heavy atom. The second-order valence-corrected chi connectivity index (χ2v) is 13.7. The minimum Gasteiger partial charge on any atom is -0.353 e. The predicted octanol–water partition coefficient (Wildman–Crippen LogP) is 4.10. The molecule has 6 heterocycles. The number of nitrogens with one attached hydrogen (secondary N) is 1. The van der Waals surface area contributed by atoms with Gasteiger partial charge < -0.3 is 9.88 Å². The summed E-state index contributed by atoms with van der Waals surface area (Å²) in [6.45, 7) is 11.5. The number of pyridine rings is 2. The maximum Gasteiger partial charge on any atom is 0.158 e. The summed E-state index contributed by atoms with van der Waals surface area (Å²) in [4.78, 5) is 18.4. The number of H-pyrrole nitrogens is 1. The molecule has 2 aliphatic rings. The molecule has 2 atom stereocenters. The van der Waals surface area contributed by atoms with Crippen LogP contribution in [0.4, 0.5) is 5.82 Å². The SMILES string of the molecule is Cc1c(-c2[nH]c3ccc(N4C[C@@H]5C[C@H]4CCN5CCCS(C)(=O)=O)nc3c2C(C)C)cn2ncnc2c1C. The molecule has 0 spiro atoms.